The van der Waals surface area contributed by atoms with Crippen LogP contribution >= 0.6 is 24.0 Å². The number of carboxylic acid groups (broad SMARTS) is 1. The molecule has 0 aromatic heterocycles. The van der Waals surface area contributed by atoms with Gasteiger partial charge in [-0.05, 0) is 24.5 Å². The number of carbonyl (C=O) groups is 3. The van der Waals surface area contributed by atoms with Crippen molar-refractivity contribution in [3.63, 3.8) is 0 Å². The molecule has 1 atom stereocenters. The van der Waals surface area contributed by atoms with Crippen LogP contribution in [0.5, 0.6) is 0 Å². The summed E-state index contributed by atoms with van der Waals surface area (Å²) in [5, 5.41) is 13.5. The van der Waals surface area contributed by atoms with Crippen molar-refractivity contribution >= 4 is 52.2 Å². The fourth-order valence-electron chi connectivity index (χ4n) is 2.46. The number of carbonyl (C=O) groups excluding carboxylic acids is 3. The molecule has 1 fully saturated rings. The molecule has 1 N–H and O–H groups in total. The molecule has 27 heavy (non-hydrogen) atoms. The maximum atomic E-state index is 12.6. The lowest BCUT2D eigenvalue weighted by molar-refractivity contribution is -0.309. The van der Waals surface area contributed by atoms with Crippen molar-refractivity contribution in [1.82, 2.24) is 10.2 Å². The van der Waals surface area contributed by atoms with Crippen molar-refractivity contribution < 1.29 is 19.5 Å². The Morgan fingerprint density at radius 3 is 2.48 bits per heavy atom. The number of thioether (sulfide) groups is 1. The molecule has 0 unspecified atom stereocenters. The Bertz CT molecular complexity index is 787. The number of amides is 2. The first-order valence-electron chi connectivity index (χ1n) is 8.51. The molecule has 6 nitrogen and oxygen atoms in total. The van der Waals surface area contributed by atoms with Gasteiger partial charge in [-0.15, -0.1) is 0 Å². The van der Waals surface area contributed by atoms with Crippen LogP contribution in [-0.2, 0) is 14.4 Å². The van der Waals surface area contributed by atoms with Crippen LogP contribution in [0.15, 0.2) is 29.2 Å². The van der Waals surface area contributed by atoms with Crippen molar-refractivity contribution in [2.24, 2.45) is 5.92 Å². The van der Waals surface area contributed by atoms with Gasteiger partial charge >= 0.3 is 0 Å². The molecule has 1 saturated heterocycles. The first-order chi connectivity index (χ1) is 12.7. The summed E-state index contributed by atoms with van der Waals surface area (Å²) in [4.78, 5) is 37.5. The molecule has 8 heteroatoms. The summed E-state index contributed by atoms with van der Waals surface area (Å²) in [5.41, 5.74) is 2.02. The predicted octanol–water partition coefficient (Wildman–Crippen LogP) is 1.48. The number of thiocarbonyl (C=S) groups is 1. The number of carboxylic acids is 1. The van der Waals surface area contributed by atoms with E-state index in [4.69, 9.17) is 12.2 Å². The minimum Gasteiger partial charge on any atom is -0.548 e. The van der Waals surface area contributed by atoms with Crippen LogP contribution in [0.1, 0.15) is 31.4 Å². The molecule has 0 aliphatic carbocycles. The molecule has 2 amide bonds. The number of hydrogen-bond donors (Lipinski definition) is 1. The van der Waals surface area contributed by atoms with Crippen molar-refractivity contribution in [3.05, 3.63) is 40.3 Å². The minimum absolute atomic E-state index is 0.0409. The highest BCUT2D eigenvalue weighted by atomic mass is 32.2. The fourth-order valence-corrected chi connectivity index (χ4v) is 3.77. The summed E-state index contributed by atoms with van der Waals surface area (Å²) in [6.45, 7) is 5.44. The first-order valence-corrected chi connectivity index (χ1v) is 9.73. The second-order valence-electron chi connectivity index (χ2n) is 6.60. The molecular formula is C19H21N2O4S2-. The molecule has 1 aliphatic heterocycles. The van der Waals surface area contributed by atoms with Gasteiger partial charge in [-0.25, -0.2) is 0 Å². The Hall–Kier alpha value is -2.19. The number of nitrogens with one attached hydrogen (secondary N) is 1. The smallest absolute Gasteiger partial charge is 0.266 e. The van der Waals surface area contributed by atoms with E-state index >= 15 is 0 Å². The summed E-state index contributed by atoms with van der Waals surface area (Å²) in [5.74, 6) is -2.34. The summed E-state index contributed by atoms with van der Waals surface area (Å²) >= 11 is 6.44. The lowest BCUT2D eigenvalue weighted by Crippen LogP contribution is -2.51. The van der Waals surface area contributed by atoms with Crippen LogP contribution in [0.4, 0.5) is 0 Å². The van der Waals surface area contributed by atoms with Crippen molar-refractivity contribution in [3.8, 4) is 0 Å². The van der Waals surface area contributed by atoms with Gasteiger partial charge in [-0.3, -0.25) is 14.5 Å². The monoisotopic (exact) mass is 405 g/mol. The molecule has 0 radical (unpaired) electrons. The van der Waals surface area contributed by atoms with Gasteiger partial charge in [0.05, 0.1) is 16.9 Å². The molecule has 144 valence electrons. The zero-order chi connectivity index (χ0) is 20.1. The quantitative estimate of drug-likeness (QED) is 0.546. The topological polar surface area (TPSA) is 89.5 Å². The van der Waals surface area contributed by atoms with E-state index in [1.54, 1.807) is 19.9 Å². The predicted molar refractivity (Wildman–Crippen MR) is 107 cm³/mol. The van der Waals surface area contributed by atoms with Gasteiger partial charge in [0.25, 0.3) is 5.91 Å². The van der Waals surface area contributed by atoms with E-state index in [0.717, 1.165) is 11.1 Å². The van der Waals surface area contributed by atoms with Crippen LogP contribution in [0.3, 0.4) is 0 Å². The van der Waals surface area contributed by atoms with E-state index in [0.29, 0.717) is 9.23 Å². The number of benzene rings is 1. The van der Waals surface area contributed by atoms with Crippen molar-refractivity contribution in [2.75, 3.05) is 6.54 Å². The highest BCUT2D eigenvalue weighted by molar-refractivity contribution is 8.26. The van der Waals surface area contributed by atoms with Gasteiger partial charge in [-0.2, -0.15) is 0 Å². The van der Waals surface area contributed by atoms with Crippen LogP contribution < -0.4 is 10.4 Å². The van der Waals surface area contributed by atoms with E-state index in [9.17, 15) is 19.5 Å². The molecule has 1 aromatic rings. The zero-order valence-corrected chi connectivity index (χ0v) is 17.0. The Balaban J connectivity index is 1.98. The van der Waals surface area contributed by atoms with Gasteiger partial charge in [0, 0.05) is 13.0 Å². The minimum atomic E-state index is -1.33. The number of aliphatic carboxylic acids is 1. The maximum Gasteiger partial charge on any atom is 0.266 e. The molecule has 1 heterocycles. The number of rotatable bonds is 7. The molecular weight excluding hydrogens is 384 g/mol. The highest BCUT2D eigenvalue weighted by Crippen LogP contribution is 2.32. The summed E-state index contributed by atoms with van der Waals surface area (Å²) in [6.07, 6.45) is 1.73. The Morgan fingerprint density at radius 1 is 1.30 bits per heavy atom. The van der Waals surface area contributed by atoms with Crippen LogP contribution in [0.2, 0.25) is 0 Å². The Kier molecular flexibility index (Phi) is 7.15. The second kappa shape index (κ2) is 9.14. The average molecular weight is 406 g/mol. The first kappa shape index (κ1) is 21.1. The number of hydrogen-bond acceptors (Lipinski definition) is 6. The third-order valence-electron chi connectivity index (χ3n) is 4.05. The second-order valence-corrected chi connectivity index (χ2v) is 8.28. The van der Waals surface area contributed by atoms with E-state index in [-0.39, 0.29) is 24.8 Å². The highest BCUT2D eigenvalue weighted by Gasteiger charge is 2.32. The van der Waals surface area contributed by atoms with Gasteiger partial charge < -0.3 is 15.2 Å². The molecule has 0 bridgehead atoms. The van der Waals surface area contributed by atoms with E-state index in [2.05, 4.69) is 5.32 Å². The van der Waals surface area contributed by atoms with E-state index in [1.807, 2.05) is 31.2 Å². The molecule has 1 aliphatic rings. The van der Waals surface area contributed by atoms with Crippen molar-refractivity contribution in [2.45, 2.75) is 33.2 Å². The van der Waals surface area contributed by atoms with Crippen molar-refractivity contribution in [1.29, 1.82) is 0 Å². The van der Waals surface area contributed by atoms with Gasteiger partial charge in [0.1, 0.15) is 4.32 Å². The van der Waals surface area contributed by atoms with Crippen LogP contribution in [-0.4, -0.2) is 39.6 Å². The van der Waals surface area contributed by atoms with Crippen LogP contribution in [0, 0.1) is 12.8 Å². The average Bonchev–Trinajstić information content (AvgIpc) is 2.86. The standard InChI is InChI=1S/C19H22N2O4S2/c1-11(2)16(18(24)25)20-15(22)8-9-21-17(23)14(27-19(21)26)10-13-6-4-12(3)5-7-13/h4-7,10-11,16H,8-9H2,1-3H3,(H,20,22)(H,24,25)/p-1/b14-10+/t16-/m1/s1. The van der Waals surface area contributed by atoms with Crippen LogP contribution in [0.25, 0.3) is 6.08 Å². The SMILES string of the molecule is Cc1ccc(/C=C2/SC(=S)N(CCC(=O)N[C@@H](C(=O)[O-])C(C)C)C2=O)cc1. The summed E-state index contributed by atoms with van der Waals surface area (Å²) in [7, 11) is 0. The van der Waals surface area contributed by atoms with Gasteiger partial charge in [-0.1, -0.05) is 67.7 Å². The molecule has 2 rings (SSSR count). The largest absolute Gasteiger partial charge is 0.548 e. The maximum absolute atomic E-state index is 12.6. The van der Waals surface area contributed by atoms with Gasteiger partial charge in [0.2, 0.25) is 5.91 Å². The van der Waals surface area contributed by atoms with E-state index < -0.39 is 17.9 Å². The third-order valence-corrected chi connectivity index (χ3v) is 5.43. The number of aryl methyl sites for hydroxylation is 1. The Labute approximate surface area is 168 Å². The molecule has 0 saturated carbocycles. The molecule has 1 aromatic carbocycles. The molecule has 0 spiro atoms. The Morgan fingerprint density at radius 2 is 1.93 bits per heavy atom. The normalized spacial score (nSPS) is 16.9. The fraction of sp³-hybridized carbons (Fsp3) is 0.368. The third kappa shape index (κ3) is 5.64. The zero-order valence-electron chi connectivity index (χ0n) is 15.4. The lowest BCUT2D eigenvalue weighted by atomic mass is 10.0. The van der Waals surface area contributed by atoms with Gasteiger partial charge in [0.15, 0.2) is 0 Å². The van der Waals surface area contributed by atoms with E-state index in [1.165, 1.54) is 16.7 Å². The summed E-state index contributed by atoms with van der Waals surface area (Å²) in [6, 6.07) is 6.69. The lowest BCUT2D eigenvalue weighted by Gasteiger charge is -2.23. The number of nitrogens with zero attached hydrogens (tertiary/aromatic N) is 1. The summed E-state index contributed by atoms with van der Waals surface area (Å²) < 4.78 is 0.381.